The molecule has 1 aliphatic rings. The summed E-state index contributed by atoms with van der Waals surface area (Å²) in [5, 5.41) is 5.83. The van der Waals surface area contributed by atoms with E-state index in [0.717, 1.165) is 30.4 Å². The Kier molecular flexibility index (Phi) is 4.88. The number of anilines is 2. The zero-order chi connectivity index (χ0) is 17.2. The van der Waals surface area contributed by atoms with Crippen LogP contribution in [-0.4, -0.2) is 44.9 Å². The monoisotopic (exact) mass is 370 g/mol. The van der Waals surface area contributed by atoms with Gasteiger partial charge in [0.25, 0.3) is 0 Å². The lowest BCUT2D eigenvalue weighted by atomic mass is 10.2. The van der Waals surface area contributed by atoms with Crippen molar-refractivity contribution in [1.82, 2.24) is 10.3 Å². The smallest absolute Gasteiger partial charge is 0.319 e. The number of thiazole rings is 1. The summed E-state index contributed by atoms with van der Waals surface area (Å²) in [7, 11) is -3.36. The molecule has 0 aliphatic carbocycles. The topological polar surface area (TPSA) is 109 Å². The van der Waals surface area contributed by atoms with Crippen molar-refractivity contribution < 1.29 is 17.9 Å². The third-order valence-electron chi connectivity index (χ3n) is 3.43. The van der Waals surface area contributed by atoms with Crippen LogP contribution in [0.3, 0.4) is 0 Å². The lowest BCUT2D eigenvalue weighted by Crippen LogP contribution is -2.34. The molecule has 0 bridgehead atoms. The highest BCUT2D eigenvalue weighted by molar-refractivity contribution is 7.92. The molecule has 0 saturated carbocycles. The van der Waals surface area contributed by atoms with Gasteiger partial charge in [-0.1, -0.05) is 11.3 Å². The fourth-order valence-corrected chi connectivity index (χ4v) is 4.13. The van der Waals surface area contributed by atoms with Gasteiger partial charge in [-0.15, -0.1) is 0 Å². The van der Waals surface area contributed by atoms with Gasteiger partial charge in [-0.25, -0.2) is 18.2 Å². The van der Waals surface area contributed by atoms with Crippen LogP contribution in [0.4, 0.5) is 15.6 Å². The second-order valence-corrected chi connectivity index (χ2v) is 8.32. The molecule has 1 aromatic carbocycles. The Balaban J connectivity index is 1.63. The summed E-state index contributed by atoms with van der Waals surface area (Å²) < 4.78 is 31.1. The number of amides is 2. The zero-order valence-electron chi connectivity index (χ0n) is 13.0. The van der Waals surface area contributed by atoms with Gasteiger partial charge >= 0.3 is 6.03 Å². The van der Waals surface area contributed by atoms with E-state index in [1.807, 2.05) is 0 Å². The number of urea groups is 1. The summed E-state index contributed by atoms with van der Waals surface area (Å²) in [4.78, 5) is 16.1. The number of carbonyl (C=O) groups is 1. The van der Waals surface area contributed by atoms with Crippen LogP contribution in [0.25, 0.3) is 10.2 Å². The van der Waals surface area contributed by atoms with Gasteiger partial charge in [0.05, 0.1) is 22.6 Å². The maximum atomic E-state index is 11.9. The first-order valence-corrected chi connectivity index (χ1v) is 10.1. The average molecular weight is 370 g/mol. The number of nitrogens with zero attached hydrogens (tertiary/aromatic N) is 1. The average Bonchev–Trinajstić information content (AvgIpc) is 3.11. The van der Waals surface area contributed by atoms with Crippen LogP contribution in [0.1, 0.15) is 12.8 Å². The number of benzene rings is 1. The fraction of sp³-hybridized carbons (Fsp3) is 0.429. The van der Waals surface area contributed by atoms with E-state index >= 15 is 0 Å². The third kappa shape index (κ3) is 4.56. The summed E-state index contributed by atoms with van der Waals surface area (Å²) in [5.74, 6) is 0. The van der Waals surface area contributed by atoms with Crippen LogP contribution in [0.5, 0.6) is 0 Å². The van der Waals surface area contributed by atoms with E-state index < -0.39 is 10.0 Å². The molecule has 8 nitrogen and oxygen atoms in total. The molecule has 1 aromatic heterocycles. The van der Waals surface area contributed by atoms with Crippen molar-refractivity contribution in [1.29, 1.82) is 0 Å². The first-order valence-electron chi connectivity index (χ1n) is 7.44. The van der Waals surface area contributed by atoms with Gasteiger partial charge in [0.1, 0.15) is 0 Å². The number of fused-ring (bicyclic) bond motifs is 1. The second kappa shape index (κ2) is 6.91. The summed E-state index contributed by atoms with van der Waals surface area (Å²) in [6, 6.07) is 4.91. The Morgan fingerprint density at radius 1 is 1.46 bits per heavy atom. The summed E-state index contributed by atoms with van der Waals surface area (Å²) in [6.45, 7) is 1.23. The molecule has 24 heavy (non-hydrogen) atoms. The van der Waals surface area contributed by atoms with Gasteiger partial charge < -0.3 is 15.4 Å². The Morgan fingerprint density at radius 3 is 3.00 bits per heavy atom. The number of hydrogen-bond acceptors (Lipinski definition) is 6. The second-order valence-electron chi connectivity index (χ2n) is 5.55. The predicted molar refractivity (Wildman–Crippen MR) is 94.1 cm³/mol. The van der Waals surface area contributed by atoms with Gasteiger partial charge in [0.2, 0.25) is 10.0 Å². The molecular weight excluding hydrogens is 352 g/mol. The van der Waals surface area contributed by atoms with Crippen LogP contribution in [0, 0.1) is 0 Å². The minimum absolute atomic E-state index is 0.0874. The van der Waals surface area contributed by atoms with E-state index in [1.54, 1.807) is 18.2 Å². The quantitative estimate of drug-likeness (QED) is 0.745. The number of sulfonamides is 1. The van der Waals surface area contributed by atoms with Crippen LogP contribution in [0.15, 0.2) is 18.2 Å². The molecule has 1 fully saturated rings. The van der Waals surface area contributed by atoms with Gasteiger partial charge in [0.15, 0.2) is 5.13 Å². The Hall–Kier alpha value is -1.91. The van der Waals surface area contributed by atoms with Gasteiger partial charge in [0, 0.05) is 18.8 Å². The molecular formula is C14H18N4O4S2. The SMILES string of the molecule is CS(=O)(=O)Nc1nc2ccc(NC(=O)NCC3CCCO3)cc2s1. The van der Waals surface area contributed by atoms with E-state index in [1.165, 1.54) is 11.3 Å². The number of nitrogens with one attached hydrogen (secondary N) is 3. The molecule has 2 heterocycles. The highest BCUT2D eigenvalue weighted by Gasteiger charge is 2.16. The molecule has 0 spiro atoms. The number of ether oxygens (including phenoxy) is 1. The number of hydrogen-bond donors (Lipinski definition) is 3. The molecule has 1 aliphatic heterocycles. The molecule has 2 amide bonds. The van der Waals surface area contributed by atoms with Gasteiger partial charge in [-0.2, -0.15) is 0 Å². The first kappa shape index (κ1) is 16.9. The summed E-state index contributed by atoms with van der Waals surface area (Å²) >= 11 is 1.21. The van der Waals surface area contributed by atoms with Crippen molar-refractivity contribution in [2.75, 3.05) is 29.4 Å². The van der Waals surface area contributed by atoms with Crippen molar-refractivity contribution in [3.05, 3.63) is 18.2 Å². The molecule has 130 valence electrons. The number of rotatable bonds is 5. The lowest BCUT2D eigenvalue weighted by molar-refractivity contribution is 0.112. The van der Waals surface area contributed by atoms with Crippen LogP contribution in [0.2, 0.25) is 0 Å². The van der Waals surface area contributed by atoms with Crippen LogP contribution < -0.4 is 15.4 Å². The van der Waals surface area contributed by atoms with Crippen molar-refractivity contribution in [2.24, 2.45) is 0 Å². The normalized spacial score (nSPS) is 17.8. The highest BCUT2D eigenvalue weighted by Crippen LogP contribution is 2.28. The maximum absolute atomic E-state index is 11.9. The van der Waals surface area contributed by atoms with E-state index in [0.29, 0.717) is 22.9 Å². The van der Waals surface area contributed by atoms with E-state index in [2.05, 4.69) is 20.3 Å². The molecule has 10 heteroatoms. The fourth-order valence-electron chi connectivity index (χ4n) is 2.39. The van der Waals surface area contributed by atoms with Crippen molar-refractivity contribution in [2.45, 2.75) is 18.9 Å². The largest absolute Gasteiger partial charge is 0.376 e. The van der Waals surface area contributed by atoms with E-state index in [-0.39, 0.29) is 12.1 Å². The first-order chi connectivity index (χ1) is 11.4. The maximum Gasteiger partial charge on any atom is 0.319 e. The minimum Gasteiger partial charge on any atom is -0.376 e. The third-order valence-corrected chi connectivity index (χ3v) is 5.06. The molecule has 1 saturated heterocycles. The zero-order valence-corrected chi connectivity index (χ0v) is 14.7. The molecule has 1 unspecified atom stereocenters. The van der Waals surface area contributed by atoms with Crippen LogP contribution >= 0.6 is 11.3 Å². The summed E-state index contributed by atoms with van der Waals surface area (Å²) in [6.07, 6.45) is 3.15. The molecule has 2 aromatic rings. The van der Waals surface area contributed by atoms with Gasteiger partial charge in [-0.05, 0) is 31.0 Å². The Morgan fingerprint density at radius 2 is 2.29 bits per heavy atom. The lowest BCUT2D eigenvalue weighted by Gasteiger charge is -2.11. The molecule has 0 radical (unpaired) electrons. The Bertz CT molecular complexity index is 844. The molecule has 3 N–H and O–H groups in total. The van der Waals surface area contributed by atoms with Crippen molar-refractivity contribution in [3.8, 4) is 0 Å². The predicted octanol–water partition coefficient (Wildman–Crippen LogP) is 1.97. The molecule has 1 atom stereocenters. The molecule has 3 rings (SSSR count). The number of aromatic nitrogens is 1. The standard InChI is InChI=1S/C14H18N4O4S2/c1-24(20,21)18-14-17-11-5-4-9(7-12(11)23-14)16-13(19)15-8-10-3-2-6-22-10/h4-5,7,10H,2-3,6,8H2,1H3,(H,17,18)(H2,15,16,19). The van der Waals surface area contributed by atoms with E-state index in [4.69, 9.17) is 4.74 Å². The van der Waals surface area contributed by atoms with Crippen LogP contribution in [-0.2, 0) is 14.8 Å². The number of carbonyl (C=O) groups excluding carboxylic acids is 1. The van der Waals surface area contributed by atoms with Crippen molar-refractivity contribution >= 4 is 48.4 Å². The minimum atomic E-state index is -3.36. The highest BCUT2D eigenvalue weighted by atomic mass is 32.2. The van der Waals surface area contributed by atoms with E-state index in [9.17, 15) is 13.2 Å². The van der Waals surface area contributed by atoms with Crippen molar-refractivity contribution in [3.63, 3.8) is 0 Å². The van der Waals surface area contributed by atoms with Gasteiger partial charge in [-0.3, -0.25) is 4.72 Å². The summed E-state index contributed by atoms with van der Waals surface area (Å²) in [5.41, 5.74) is 1.28. The Labute approximate surface area is 143 Å².